The molecule has 0 amide bonds. The van der Waals surface area contributed by atoms with E-state index in [1.54, 1.807) is 7.11 Å². The van der Waals surface area contributed by atoms with Gasteiger partial charge in [0.05, 0.1) is 7.11 Å². The Balaban J connectivity index is 2.41. The quantitative estimate of drug-likeness (QED) is 0.571. The lowest BCUT2D eigenvalue weighted by molar-refractivity contribution is 0.414. The maximum absolute atomic E-state index is 5.19. The molecule has 0 bridgehead atoms. The van der Waals surface area contributed by atoms with E-state index in [2.05, 4.69) is 48.5 Å². The average Bonchev–Trinajstić information content (AvgIpc) is 2.52. The smallest absolute Gasteiger partial charge is 0.191 e. The van der Waals surface area contributed by atoms with Gasteiger partial charge in [-0.3, -0.25) is 4.99 Å². The van der Waals surface area contributed by atoms with Crippen LogP contribution >= 0.6 is 0 Å². The monoisotopic (exact) mass is 291 g/mol. The first-order valence-corrected chi connectivity index (χ1v) is 7.87. The molecule has 4 nitrogen and oxygen atoms in total. The summed E-state index contributed by atoms with van der Waals surface area (Å²) in [5, 5.41) is 6.66. The van der Waals surface area contributed by atoms with E-state index in [-0.39, 0.29) is 0 Å². The van der Waals surface area contributed by atoms with Crippen LogP contribution in [0.3, 0.4) is 0 Å². The molecule has 2 N–H and O–H groups in total. The fraction of sp³-hybridized carbons (Fsp3) is 0.588. The van der Waals surface area contributed by atoms with Crippen LogP contribution < -0.4 is 15.4 Å². The van der Waals surface area contributed by atoms with E-state index in [1.807, 2.05) is 12.1 Å². The molecule has 0 aliphatic rings. The Bertz CT molecular complexity index is 415. The minimum atomic E-state index is 0.512. The van der Waals surface area contributed by atoms with Gasteiger partial charge in [-0.25, -0.2) is 0 Å². The fourth-order valence-electron chi connectivity index (χ4n) is 2.07. The summed E-state index contributed by atoms with van der Waals surface area (Å²) in [6, 6.07) is 8.32. The first-order chi connectivity index (χ1) is 10.2. The molecule has 1 atom stereocenters. The molecule has 1 aromatic rings. The molecule has 1 aromatic carbocycles. The van der Waals surface area contributed by atoms with E-state index >= 15 is 0 Å². The minimum Gasteiger partial charge on any atom is -0.497 e. The van der Waals surface area contributed by atoms with Crippen LogP contribution in [0.25, 0.3) is 0 Å². The van der Waals surface area contributed by atoms with Gasteiger partial charge in [0, 0.05) is 19.6 Å². The van der Waals surface area contributed by atoms with E-state index in [0.717, 1.165) is 44.2 Å². The third-order valence-corrected chi connectivity index (χ3v) is 3.39. The summed E-state index contributed by atoms with van der Waals surface area (Å²) < 4.78 is 5.19. The van der Waals surface area contributed by atoms with Crippen LogP contribution in [0.5, 0.6) is 5.75 Å². The van der Waals surface area contributed by atoms with Gasteiger partial charge in [-0.05, 0) is 43.4 Å². The molecule has 1 rings (SSSR count). The third-order valence-electron chi connectivity index (χ3n) is 3.39. The molecule has 0 aliphatic heterocycles. The van der Waals surface area contributed by atoms with Crippen LogP contribution in [-0.4, -0.2) is 32.7 Å². The van der Waals surface area contributed by atoms with Crippen LogP contribution in [0.2, 0.25) is 0 Å². The lowest BCUT2D eigenvalue weighted by Gasteiger charge is -2.15. The second-order valence-corrected chi connectivity index (χ2v) is 5.15. The molecule has 0 fully saturated rings. The van der Waals surface area contributed by atoms with E-state index < -0.39 is 0 Å². The van der Waals surface area contributed by atoms with Gasteiger partial charge in [-0.15, -0.1) is 0 Å². The second-order valence-electron chi connectivity index (χ2n) is 5.15. The van der Waals surface area contributed by atoms with E-state index in [4.69, 9.17) is 4.74 Å². The molecule has 0 aliphatic carbocycles. The number of nitrogens with zero attached hydrogens (tertiary/aromatic N) is 1. The molecule has 4 heteroatoms. The zero-order valence-electron chi connectivity index (χ0n) is 13.8. The highest BCUT2D eigenvalue weighted by Crippen LogP contribution is 2.21. The molecule has 21 heavy (non-hydrogen) atoms. The van der Waals surface area contributed by atoms with Crippen molar-refractivity contribution < 1.29 is 4.74 Å². The summed E-state index contributed by atoms with van der Waals surface area (Å²) in [6.45, 7) is 9.15. The topological polar surface area (TPSA) is 45.7 Å². The van der Waals surface area contributed by atoms with Gasteiger partial charge in [0.15, 0.2) is 5.96 Å². The number of nitrogens with one attached hydrogen (secondary N) is 2. The summed E-state index contributed by atoms with van der Waals surface area (Å²) in [6.07, 6.45) is 2.14. The Morgan fingerprint density at radius 3 is 2.48 bits per heavy atom. The zero-order valence-corrected chi connectivity index (χ0v) is 13.8. The Kier molecular flexibility index (Phi) is 8.32. The molecule has 118 valence electrons. The summed E-state index contributed by atoms with van der Waals surface area (Å²) in [5.41, 5.74) is 1.34. The van der Waals surface area contributed by atoms with Gasteiger partial charge >= 0.3 is 0 Å². The van der Waals surface area contributed by atoms with Crippen molar-refractivity contribution in [3.05, 3.63) is 29.8 Å². The van der Waals surface area contributed by atoms with Gasteiger partial charge in [-0.1, -0.05) is 26.0 Å². The first kappa shape index (κ1) is 17.3. The minimum absolute atomic E-state index is 0.512. The Labute approximate surface area is 129 Å². The van der Waals surface area contributed by atoms with Gasteiger partial charge in [0.1, 0.15) is 5.75 Å². The van der Waals surface area contributed by atoms with Crippen molar-refractivity contribution in [3.8, 4) is 5.75 Å². The van der Waals surface area contributed by atoms with Crippen LogP contribution in [0.1, 0.15) is 45.1 Å². The summed E-state index contributed by atoms with van der Waals surface area (Å²) >= 11 is 0. The number of ether oxygens (including phenoxy) is 1. The molecular weight excluding hydrogens is 262 g/mol. The Morgan fingerprint density at radius 1 is 1.19 bits per heavy atom. The number of benzene rings is 1. The number of methoxy groups -OCH3 is 1. The summed E-state index contributed by atoms with van der Waals surface area (Å²) in [4.78, 5) is 4.50. The van der Waals surface area contributed by atoms with Crippen molar-refractivity contribution in [1.82, 2.24) is 10.6 Å². The van der Waals surface area contributed by atoms with Gasteiger partial charge in [0.25, 0.3) is 0 Å². The number of hydrogen-bond acceptors (Lipinski definition) is 2. The lowest BCUT2D eigenvalue weighted by atomic mass is 9.98. The van der Waals surface area contributed by atoms with E-state index in [9.17, 15) is 0 Å². The van der Waals surface area contributed by atoms with E-state index in [1.165, 1.54) is 5.56 Å². The first-order valence-electron chi connectivity index (χ1n) is 7.87. The predicted octanol–water partition coefficient (Wildman–Crippen LogP) is 3.15. The highest BCUT2D eigenvalue weighted by atomic mass is 16.5. The summed E-state index contributed by atoms with van der Waals surface area (Å²) in [5.74, 6) is 2.34. The SMILES string of the molecule is CCCN=C(NCC)NCCC(C)c1ccc(OC)cc1. The van der Waals surface area contributed by atoms with Crippen molar-refractivity contribution in [2.45, 2.75) is 39.5 Å². The van der Waals surface area contributed by atoms with Crippen LogP contribution in [0.4, 0.5) is 0 Å². The molecule has 0 heterocycles. The maximum Gasteiger partial charge on any atom is 0.191 e. The highest BCUT2D eigenvalue weighted by molar-refractivity contribution is 5.79. The molecule has 0 aromatic heterocycles. The fourth-order valence-corrected chi connectivity index (χ4v) is 2.07. The molecule has 0 spiro atoms. The molecule has 0 radical (unpaired) electrons. The number of aliphatic imine (C=N–C) groups is 1. The van der Waals surface area contributed by atoms with Crippen molar-refractivity contribution in [2.24, 2.45) is 4.99 Å². The average molecular weight is 291 g/mol. The molecular formula is C17H29N3O. The zero-order chi connectivity index (χ0) is 15.5. The lowest BCUT2D eigenvalue weighted by Crippen LogP contribution is -2.38. The molecule has 0 saturated carbocycles. The highest BCUT2D eigenvalue weighted by Gasteiger charge is 2.06. The second kappa shape index (κ2) is 10.1. The predicted molar refractivity (Wildman–Crippen MR) is 90.3 cm³/mol. The van der Waals surface area contributed by atoms with Crippen molar-refractivity contribution >= 4 is 5.96 Å². The van der Waals surface area contributed by atoms with Crippen molar-refractivity contribution in [3.63, 3.8) is 0 Å². The van der Waals surface area contributed by atoms with Gasteiger partial charge in [-0.2, -0.15) is 0 Å². The number of hydrogen-bond donors (Lipinski definition) is 2. The Morgan fingerprint density at radius 2 is 1.90 bits per heavy atom. The number of guanidine groups is 1. The van der Waals surface area contributed by atoms with Crippen LogP contribution in [0.15, 0.2) is 29.3 Å². The molecule has 0 saturated heterocycles. The van der Waals surface area contributed by atoms with Gasteiger partial charge in [0.2, 0.25) is 0 Å². The maximum atomic E-state index is 5.19. The normalized spacial score (nSPS) is 12.9. The van der Waals surface area contributed by atoms with Gasteiger partial charge < -0.3 is 15.4 Å². The van der Waals surface area contributed by atoms with Crippen LogP contribution in [0, 0.1) is 0 Å². The van der Waals surface area contributed by atoms with E-state index in [0.29, 0.717) is 5.92 Å². The Hall–Kier alpha value is -1.71. The van der Waals surface area contributed by atoms with Crippen LogP contribution in [-0.2, 0) is 0 Å². The standard InChI is InChI=1S/C17H29N3O/c1-5-12-19-17(18-6-2)20-13-11-14(3)15-7-9-16(21-4)10-8-15/h7-10,14H,5-6,11-13H2,1-4H3,(H2,18,19,20). The number of rotatable bonds is 8. The summed E-state index contributed by atoms with van der Waals surface area (Å²) in [7, 11) is 1.69. The largest absolute Gasteiger partial charge is 0.497 e. The third kappa shape index (κ3) is 6.52. The van der Waals surface area contributed by atoms with Crippen molar-refractivity contribution in [1.29, 1.82) is 0 Å². The van der Waals surface area contributed by atoms with Crippen molar-refractivity contribution in [2.75, 3.05) is 26.7 Å². The molecule has 1 unspecified atom stereocenters.